The van der Waals surface area contributed by atoms with Gasteiger partial charge in [-0.1, -0.05) is 192 Å². The smallest absolute Gasteiger partial charge is 0.0162 e. The summed E-state index contributed by atoms with van der Waals surface area (Å²) in [5.41, 5.74) is 33.5. The second-order valence-corrected chi connectivity index (χ2v) is 27.2. The van der Waals surface area contributed by atoms with Crippen LogP contribution in [-0.2, 0) is 32.5 Å². The van der Waals surface area contributed by atoms with Gasteiger partial charge in [0, 0.05) is 32.5 Å². The Morgan fingerprint density at radius 2 is 0.566 bits per heavy atom. The van der Waals surface area contributed by atoms with Gasteiger partial charge in [-0.25, -0.2) is 0 Å². The number of hydrogen-bond donors (Lipinski definition) is 0. The highest BCUT2D eigenvalue weighted by molar-refractivity contribution is 6.19. The molecule has 0 atom stereocenters. The monoisotopic (exact) mass is 974 g/mol. The summed E-state index contributed by atoms with van der Waals surface area (Å²) in [7, 11) is 0. The molecule has 6 aliphatic carbocycles. The second kappa shape index (κ2) is 13.2. The molecule has 0 aliphatic heterocycles. The van der Waals surface area contributed by atoms with E-state index < -0.39 is 0 Å². The second-order valence-electron chi connectivity index (χ2n) is 27.2. The molecular weight excluding hydrogens is 913 g/mol. The Kier molecular flexibility index (Phi) is 7.56. The van der Waals surface area contributed by atoms with E-state index in [9.17, 15) is 0 Å². The third-order valence-electron chi connectivity index (χ3n) is 21.2. The van der Waals surface area contributed by atoms with Crippen molar-refractivity contribution in [3.8, 4) is 66.8 Å². The fraction of sp³-hybridized carbons (Fsp3) is 0.237. The maximum atomic E-state index is 2.72. The molecule has 76 heavy (non-hydrogen) atoms. The van der Waals surface area contributed by atoms with E-state index >= 15 is 0 Å². The predicted molar refractivity (Wildman–Crippen MR) is 322 cm³/mol. The molecule has 6 aliphatic rings. The molecule has 0 saturated carbocycles. The molecule has 0 radical (unpaired) electrons. The number of rotatable bonds is 2. The third-order valence-corrected chi connectivity index (χ3v) is 21.2. The molecule has 0 N–H and O–H groups in total. The predicted octanol–water partition coefficient (Wildman–Crippen LogP) is 20.1. The molecule has 0 aromatic heterocycles. The molecule has 0 fully saturated rings. The van der Waals surface area contributed by atoms with E-state index in [0.717, 1.165) is 0 Å². The molecule has 17 rings (SSSR count). The van der Waals surface area contributed by atoms with Crippen molar-refractivity contribution < 1.29 is 0 Å². The van der Waals surface area contributed by atoms with E-state index in [0.29, 0.717) is 0 Å². The summed E-state index contributed by atoms with van der Waals surface area (Å²) >= 11 is 0. The van der Waals surface area contributed by atoms with E-state index in [1.165, 1.54) is 165 Å². The Morgan fingerprint density at radius 1 is 0.224 bits per heavy atom. The highest BCUT2D eigenvalue weighted by atomic mass is 14.6. The molecule has 366 valence electrons. The summed E-state index contributed by atoms with van der Waals surface area (Å²) in [5, 5.41) is 10.9. The fourth-order valence-corrected chi connectivity index (χ4v) is 17.4. The standard InChI is InChI=1S/C76H62/c1-71(2)51-25-17-23-47-59-49-37-54-50(38-53(49)73(5,6)67(59)69-65(61(47)51)63-55(71)33-45(35-57(63)75(69,9)10)43-29-27-39-19-13-15-21-41(39)31-43)60-48-24-18-26-52-62(48)66-64-56(72(52,3)4)34-46(44-30-28-40-20-14-16-22-42(40)32-44)36-58(64)76(11,12)70(66)68(60)74(54,7)8/h13-38H,1-12H3. The summed E-state index contributed by atoms with van der Waals surface area (Å²) in [5.74, 6) is 0. The van der Waals surface area contributed by atoms with Gasteiger partial charge in [-0.15, -0.1) is 0 Å². The first-order chi connectivity index (χ1) is 36.2. The van der Waals surface area contributed by atoms with Crippen LogP contribution < -0.4 is 0 Å². The largest absolute Gasteiger partial charge is 0.0616 e. The molecule has 0 saturated heterocycles. The van der Waals surface area contributed by atoms with E-state index in [4.69, 9.17) is 0 Å². The van der Waals surface area contributed by atoms with Crippen LogP contribution in [0, 0.1) is 0 Å². The van der Waals surface area contributed by atoms with Crippen LogP contribution in [0.5, 0.6) is 0 Å². The van der Waals surface area contributed by atoms with Crippen LogP contribution in [0.2, 0.25) is 0 Å². The number of hydrogen-bond acceptors (Lipinski definition) is 0. The summed E-state index contributed by atoms with van der Waals surface area (Å²) in [6.07, 6.45) is 0. The Labute approximate surface area is 447 Å². The zero-order chi connectivity index (χ0) is 51.9. The van der Waals surface area contributed by atoms with Crippen molar-refractivity contribution in [1.82, 2.24) is 0 Å². The van der Waals surface area contributed by atoms with Crippen LogP contribution in [0.4, 0.5) is 0 Å². The van der Waals surface area contributed by atoms with Gasteiger partial charge in [0.1, 0.15) is 0 Å². The maximum absolute atomic E-state index is 2.72. The van der Waals surface area contributed by atoms with Gasteiger partial charge in [-0.2, -0.15) is 0 Å². The van der Waals surface area contributed by atoms with Crippen LogP contribution in [0.15, 0.2) is 158 Å². The quantitative estimate of drug-likeness (QED) is 0.162. The van der Waals surface area contributed by atoms with E-state index in [1.54, 1.807) is 11.1 Å². The van der Waals surface area contributed by atoms with E-state index in [2.05, 4.69) is 241 Å². The Bertz CT molecular complexity index is 4370. The van der Waals surface area contributed by atoms with Gasteiger partial charge in [0.05, 0.1) is 0 Å². The molecule has 11 aromatic rings. The normalized spacial score (nSPS) is 18.4. The van der Waals surface area contributed by atoms with Gasteiger partial charge >= 0.3 is 0 Å². The number of fused-ring (bicyclic) bond motifs is 12. The minimum absolute atomic E-state index is 0.201. The van der Waals surface area contributed by atoms with Crippen LogP contribution in [-0.4, -0.2) is 0 Å². The van der Waals surface area contributed by atoms with Crippen molar-refractivity contribution in [2.75, 3.05) is 0 Å². The molecule has 11 aromatic carbocycles. The molecule has 0 heterocycles. The van der Waals surface area contributed by atoms with Crippen molar-refractivity contribution in [1.29, 1.82) is 0 Å². The van der Waals surface area contributed by atoms with Crippen LogP contribution >= 0.6 is 0 Å². The molecule has 0 unspecified atom stereocenters. The SMILES string of the molecule is CC1(C)c2cc3c(cc2-c2c1c1c4c5c(cccc25)C(C)(C)c2cc(-c5ccc6ccccc6c5)cc(c2-4)C1(C)C)C(C)(C)c1c2c4c5c(cccc5c1-3)C(C)(C)c1cc(-c3ccc5ccccc5c3)cc(c1-4)C2(C)C. The van der Waals surface area contributed by atoms with E-state index in [1.807, 2.05) is 0 Å². The third kappa shape index (κ3) is 4.77. The Balaban J connectivity index is 0.910. The van der Waals surface area contributed by atoms with Crippen molar-refractivity contribution in [3.63, 3.8) is 0 Å². The van der Waals surface area contributed by atoms with E-state index in [-0.39, 0.29) is 32.5 Å². The first-order valence-electron chi connectivity index (χ1n) is 28.1. The Morgan fingerprint density at radius 3 is 0.961 bits per heavy atom. The topological polar surface area (TPSA) is 0 Å². The zero-order valence-electron chi connectivity index (χ0n) is 46.0. The average molecular weight is 975 g/mol. The first kappa shape index (κ1) is 43.7. The molecule has 0 amide bonds. The highest BCUT2D eigenvalue weighted by Gasteiger charge is 2.55. The lowest BCUT2D eigenvalue weighted by Crippen LogP contribution is -2.25. The minimum atomic E-state index is -0.259. The lowest BCUT2D eigenvalue weighted by atomic mass is 9.66. The number of benzene rings is 11. The summed E-state index contributed by atoms with van der Waals surface area (Å²) in [6, 6.07) is 62.0. The van der Waals surface area contributed by atoms with Gasteiger partial charge in [0.15, 0.2) is 0 Å². The lowest BCUT2D eigenvalue weighted by Gasteiger charge is -2.36. The summed E-state index contributed by atoms with van der Waals surface area (Å²) < 4.78 is 0. The maximum Gasteiger partial charge on any atom is 0.0162 e. The van der Waals surface area contributed by atoms with Crippen molar-refractivity contribution >= 4 is 43.1 Å². The lowest BCUT2D eigenvalue weighted by molar-refractivity contribution is 0.598. The summed E-state index contributed by atoms with van der Waals surface area (Å²) in [6.45, 7) is 30.4. The van der Waals surface area contributed by atoms with Crippen LogP contribution in [0.1, 0.15) is 150 Å². The minimum Gasteiger partial charge on any atom is -0.0616 e. The van der Waals surface area contributed by atoms with Crippen molar-refractivity contribution in [3.05, 3.63) is 224 Å². The first-order valence-corrected chi connectivity index (χ1v) is 28.1. The highest BCUT2D eigenvalue weighted by Crippen LogP contribution is 2.70. The molecular formula is C76H62. The van der Waals surface area contributed by atoms with Gasteiger partial charge in [0.25, 0.3) is 0 Å². The van der Waals surface area contributed by atoms with Crippen LogP contribution in [0.3, 0.4) is 0 Å². The summed E-state index contributed by atoms with van der Waals surface area (Å²) in [4.78, 5) is 0. The Hall–Kier alpha value is -7.54. The van der Waals surface area contributed by atoms with Gasteiger partial charge in [-0.3, -0.25) is 0 Å². The zero-order valence-corrected chi connectivity index (χ0v) is 46.0. The molecule has 0 nitrogen and oxygen atoms in total. The van der Waals surface area contributed by atoms with Crippen LogP contribution in [0.25, 0.3) is 110 Å². The molecule has 0 heteroatoms. The van der Waals surface area contributed by atoms with Crippen molar-refractivity contribution in [2.45, 2.75) is 116 Å². The van der Waals surface area contributed by atoms with Gasteiger partial charge in [-0.05, 0) is 225 Å². The molecule has 0 spiro atoms. The molecule has 0 bridgehead atoms. The van der Waals surface area contributed by atoms with Crippen molar-refractivity contribution in [2.24, 2.45) is 0 Å². The average Bonchev–Trinajstić information content (AvgIpc) is 3.71. The van der Waals surface area contributed by atoms with Gasteiger partial charge < -0.3 is 0 Å². The van der Waals surface area contributed by atoms with Gasteiger partial charge in [0.2, 0.25) is 0 Å². The fourth-order valence-electron chi connectivity index (χ4n) is 17.4.